The Bertz CT molecular complexity index is 408. The fraction of sp³-hybridized carbons (Fsp3) is 0.429. The van der Waals surface area contributed by atoms with Crippen LogP contribution < -0.4 is 5.32 Å². The van der Waals surface area contributed by atoms with Gasteiger partial charge in [-0.15, -0.1) is 0 Å². The number of carbonyl (C=O) groups is 2. The summed E-state index contributed by atoms with van der Waals surface area (Å²) in [4.78, 5) is 21.7. The monoisotopic (exact) mass is 281 g/mol. The van der Waals surface area contributed by atoms with Crippen molar-refractivity contribution in [3.05, 3.63) is 35.9 Å². The highest BCUT2D eigenvalue weighted by Crippen LogP contribution is 2.09. The van der Waals surface area contributed by atoms with Crippen LogP contribution in [-0.2, 0) is 16.0 Å². The normalized spacial score (nSPS) is 11.8. The molecule has 0 aromatic heterocycles. The van der Waals surface area contributed by atoms with Gasteiger partial charge in [-0.3, -0.25) is 4.79 Å². The Hall–Kier alpha value is -1.49. The molecular formula is C14H19NO3S. The molecule has 0 bridgehead atoms. The van der Waals surface area contributed by atoms with Gasteiger partial charge in [0.2, 0.25) is 5.91 Å². The van der Waals surface area contributed by atoms with E-state index in [-0.39, 0.29) is 5.91 Å². The Morgan fingerprint density at radius 2 is 2.00 bits per heavy atom. The van der Waals surface area contributed by atoms with Gasteiger partial charge in [0.15, 0.2) is 0 Å². The molecule has 0 unspecified atom stereocenters. The second-order valence-electron chi connectivity index (χ2n) is 4.26. The lowest BCUT2D eigenvalue weighted by Crippen LogP contribution is -2.41. The molecule has 0 fully saturated rings. The summed E-state index contributed by atoms with van der Waals surface area (Å²) >= 11 is 1.56. The number of rotatable bonds is 8. The maximum Gasteiger partial charge on any atom is 0.327 e. The van der Waals surface area contributed by atoms with Gasteiger partial charge in [0.1, 0.15) is 6.04 Å². The van der Waals surface area contributed by atoms with Crippen LogP contribution in [0.15, 0.2) is 30.3 Å². The quantitative estimate of drug-likeness (QED) is 0.715. The topological polar surface area (TPSA) is 66.4 Å². The van der Waals surface area contributed by atoms with Crippen molar-refractivity contribution >= 4 is 23.6 Å². The highest BCUT2D eigenvalue weighted by molar-refractivity contribution is 7.99. The molecule has 2 N–H and O–H groups in total. The van der Waals surface area contributed by atoms with Gasteiger partial charge >= 0.3 is 5.97 Å². The number of aliphatic carboxylic acids is 1. The van der Waals surface area contributed by atoms with Gasteiger partial charge < -0.3 is 10.4 Å². The zero-order valence-electron chi connectivity index (χ0n) is 11.0. The van der Waals surface area contributed by atoms with E-state index >= 15 is 0 Å². The van der Waals surface area contributed by atoms with Gasteiger partial charge in [-0.1, -0.05) is 30.3 Å². The van der Waals surface area contributed by atoms with Gasteiger partial charge in [0.05, 0.1) is 0 Å². The van der Waals surface area contributed by atoms with Crippen molar-refractivity contribution in [1.82, 2.24) is 5.32 Å². The van der Waals surface area contributed by atoms with Gasteiger partial charge in [-0.2, -0.15) is 11.8 Å². The molecule has 0 saturated heterocycles. The minimum Gasteiger partial charge on any atom is -0.480 e. The van der Waals surface area contributed by atoms with E-state index in [1.807, 2.05) is 18.2 Å². The first-order chi connectivity index (χ1) is 9.09. The van der Waals surface area contributed by atoms with E-state index in [2.05, 4.69) is 17.4 Å². The largest absolute Gasteiger partial charge is 0.480 e. The Labute approximate surface area is 117 Å². The summed E-state index contributed by atoms with van der Waals surface area (Å²) in [6.07, 6.45) is 1.99. The Morgan fingerprint density at radius 1 is 1.32 bits per heavy atom. The summed E-state index contributed by atoms with van der Waals surface area (Å²) in [5.41, 5.74) is 1.29. The first-order valence-electron chi connectivity index (χ1n) is 6.21. The predicted molar refractivity (Wildman–Crippen MR) is 77.3 cm³/mol. The summed E-state index contributed by atoms with van der Waals surface area (Å²) in [5.74, 6) is 0.00477. The maximum absolute atomic E-state index is 10.9. The highest BCUT2D eigenvalue weighted by atomic mass is 32.2. The Kier molecular flexibility index (Phi) is 7.03. The van der Waals surface area contributed by atoms with Crippen molar-refractivity contribution in [2.24, 2.45) is 0 Å². The molecule has 1 amide bonds. The standard InChI is InChI=1S/C14H19NO3S/c1-11(16)15-13(14(17)18)10-19-9-5-8-12-6-3-2-4-7-12/h2-4,6-7,13H,5,8-10H2,1H3,(H,15,16)(H,17,18)/t13-/m0/s1. The molecule has 0 heterocycles. The van der Waals surface area contributed by atoms with Crippen LogP contribution in [0.4, 0.5) is 0 Å². The Balaban J connectivity index is 2.18. The molecule has 104 valence electrons. The minimum atomic E-state index is -0.981. The van der Waals surface area contributed by atoms with Crippen molar-refractivity contribution < 1.29 is 14.7 Å². The van der Waals surface area contributed by atoms with Gasteiger partial charge in [-0.05, 0) is 24.2 Å². The SMILES string of the molecule is CC(=O)N[C@@H](CSCCCc1ccccc1)C(=O)O. The molecule has 0 aliphatic carbocycles. The van der Waals surface area contributed by atoms with Crippen molar-refractivity contribution in [2.45, 2.75) is 25.8 Å². The van der Waals surface area contributed by atoms with Crippen molar-refractivity contribution in [3.63, 3.8) is 0 Å². The van der Waals surface area contributed by atoms with E-state index in [9.17, 15) is 9.59 Å². The smallest absolute Gasteiger partial charge is 0.327 e. The van der Waals surface area contributed by atoms with Gasteiger partial charge in [0, 0.05) is 12.7 Å². The zero-order chi connectivity index (χ0) is 14.1. The average molecular weight is 281 g/mol. The number of aryl methyl sites for hydroxylation is 1. The zero-order valence-corrected chi connectivity index (χ0v) is 11.8. The lowest BCUT2D eigenvalue weighted by Gasteiger charge is -2.12. The van der Waals surface area contributed by atoms with Gasteiger partial charge in [-0.25, -0.2) is 4.79 Å². The second kappa shape index (κ2) is 8.58. The number of thioether (sulfide) groups is 1. The fourth-order valence-electron chi connectivity index (χ4n) is 1.64. The van der Waals surface area contributed by atoms with Gasteiger partial charge in [0.25, 0.3) is 0 Å². The number of hydrogen-bond donors (Lipinski definition) is 2. The average Bonchev–Trinajstić information content (AvgIpc) is 2.37. The third-order valence-electron chi connectivity index (χ3n) is 2.56. The lowest BCUT2D eigenvalue weighted by atomic mass is 10.1. The number of nitrogens with one attached hydrogen (secondary N) is 1. The number of carboxylic acids is 1. The Morgan fingerprint density at radius 3 is 2.58 bits per heavy atom. The molecule has 1 aromatic carbocycles. The number of benzene rings is 1. The van der Waals surface area contributed by atoms with E-state index in [4.69, 9.17) is 5.11 Å². The first-order valence-corrected chi connectivity index (χ1v) is 7.36. The van der Waals surface area contributed by atoms with Crippen molar-refractivity contribution in [2.75, 3.05) is 11.5 Å². The summed E-state index contributed by atoms with van der Waals surface area (Å²) < 4.78 is 0. The van der Waals surface area contributed by atoms with Crippen LogP contribution in [0.3, 0.4) is 0 Å². The number of carboxylic acid groups (broad SMARTS) is 1. The van der Waals surface area contributed by atoms with Crippen LogP contribution in [0.5, 0.6) is 0 Å². The molecular weight excluding hydrogens is 262 g/mol. The van der Waals surface area contributed by atoms with Crippen LogP contribution >= 0.6 is 11.8 Å². The molecule has 1 atom stereocenters. The number of hydrogen-bond acceptors (Lipinski definition) is 3. The van der Waals surface area contributed by atoms with Crippen LogP contribution in [0.25, 0.3) is 0 Å². The molecule has 5 heteroatoms. The summed E-state index contributed by atoms with van der Waals surface area (Å²) in [6, 6.07) is 9.39. The molecule has 1 aromatic rings. The number of amides is 1. The van der Waals surface area contributed by atoms with E-state index in [1.54, 1.807) is 11.8 Å². The van der Waals surface area contributed by atoms with Crippen molar-refractivity contribution in [1.29, 1.82) is 0 Å². The molecule has 4 nitrogen and oxygen atoms in total. The molecule has 0 aliphatic heterocycles. The molecule has 0 radical (unpaired) electrons. The fourth-order valence-corrected chi connectivity index (χ4v) is 2.62. The van der Waals surface area contributed by atoms with Crippen LogP contribution in [-0.4, -0.2) is 34.5 Å². The molecule has 0 spiro atoms. The summed E-state index contributed by atoms with van der Waals surface area (Å²) in [7, 11) is 0. The minimum absolute atomic E-state index is 0.308. The van der Waals surface area contributed by atoms with E-state index in [0.29, 0.717) is 5.75 Å². The molecule has 1 rings (SSSR count). The highest BCUT2D eigenvalue weighted by Gasteiger charge is 2.17. The second-order valence-corrected chi connectivity index (χ2v) is 5.41. The number of carbonyl (C=O) groups excluding carboxylic acids is 1. The van der Waals surface area contributed by atoms with E-state index in [1.165, 1.54) is 12.5 Å². The van der Waals surface area contributed by atoms with E-state index < -0.39 is 12.0 Å². The van der Waals surface area contributed by atoms with Crippen LogP contribution in [0, 0.1) is 0 Å². The lowest BCUT2D eigenvalue weighted by molar-refractivity contribution is -0.140. The summed E-state index contributed by atoms with van der Waals surface area (Å²) in [5, 5.41) is 11.4. The first kappa shape index (κ1) is 15.6. The molecule has 19 heavy (non-hydrogen) atoms. The molecule has 0 aliphatic rings. The van der Waals surface area contributed by atoms with E-state index in [0.717, 1.165) is 18.6 Å². The maximum atomic E-state index is 10.9. The van der Waals surface area contributed by atoms with Crippen molar-refractivity contribution in [3.8, 4) is 0 Å². The van der Waals surface area contributed by atoms with Crippen LogP contribution in [0.1, 0.15) is 18.9 Å². The third kappa shape index (κ3) is 6.86. The predicted octanol–water partition coefficient (Wildman–Crippen LogP) is 1.94. The third-order valence-corrected chi connectivity index (χ3v) is 3.70. The molecule has 0 saturated carbocycles. The van der Waals surface area contributed by atoms with Crippen LogP contribution in [0.2, 0.25) is 0 Å². The summed E-state index contributed by atoms with van der Waals surface area (Å²) in [6.45, 7) is 1.33.